The van der Waals surface area contributed by atoms with Crippen molar-refractivity contribution in [2.24, 2.45) is 5.73 Å². The van der Waals surface area contributed by atoms with Crippen molar-refractivity contribution in [2.75, 3.05) is 18.1 Å². The van der Waals surface area contributed by atoms with Gasteiger partial charge in [-0.25, -0.2) is 0 Å². The van der Waals surface area contributed by atoms with Crippen LogP contribution in [0.1, 0.15) is 46.5 Å². The number of thioether (sulfide) groups is 1. The monoisotopic (exact) mass is 341 g/mol. The molecule has 0 aromatic carbocycles. The number of carboxylic acid groups (broad SMARTS) is 1. The van der Waals surface area contributed by atoms with Crippen LogP contribution in [-0.4, -0.2) is 40.3 Å². The second-order valence-electron chi connectivity index (χ2n) is 5.87. The third kappa shape index (κ3) is 13.1. The maximum absolute atomic E-state index is 10.6. The normalized spacial score (nSPS) is 14.9. The summed E-state index contributed by atoms with van der Waals surface area (Å²) in [5.41, 5.74) is 9.17. The average Bonchev–Trinajstić information content (AvgIpc) is 2.50. The third-order valence-electron chi connectivity index (χ3n) is 3.48. The smallest absolute Gasteiger partial charge is 0.321 e. The molecule has 132 valence electrons. The van der Waals surface area contributed by atoms with E-state index < -0.39 is 12.0 Å². The minimum absolute atomic E-state index is 0.141. The Balaban J connectivity index is 3.90. The van der Waals surface area contributed by atoms with Gasteiger partial charge in [-0.15, -0.1) is 0 Å². The van der Waals surface area contributed by atoms with Crippen LogP contribution in [-0.2, 0) is 4.79 Å². The Morgan fingerprint density at radius 2 is 1.57 bits per heavy atom. The molecular weight excluding hydrogens is 310 g/mol. The van der Waals surface area contributed by atoms with Crippen LogP contribution < -0.4 is 5.73 Å². The van der Waals surface area contributed by atoms with E-state index in [0.717, 1.165) is 37.0 Å². The predicted molar refractivity (Wildman–Crippen MR) is 99.8 cm³/mol. The van der Waals surface area contributed by atoms with Gasteiger partial charge in [-0.05, 0) is 46.5 Å². The lowest BCUT2D eigenvalue weighted by Gasteiger charge is -2.05. The molecule has 0 saturated carbocycles. The van der Waals surface area contributed by atoms with Crippen LogP contribution in [0.5, 0.6) is 0 Å². The van der Waals surface area contributed by atoms with E-state index in [9.17, 15) is 4.79 Å². The largest absolute Gasteiger partial charge is 0.480 e. The summed E-state index contributed by atoms with van der Waals surface area (Å²) in [6.45, 7) is 6.33. The molecule has 0 saturated heterocycles. The standard InChI is InChI=1S/C18H31NO3S/c1-14(7-5-9-16(3)12-20)6-4-8-15(2)10-11-23-13-17(19)18(21)22/h6,9-10,17,20H,4-5,7-8,11-13,19H2,1-3H3,(H,21,22)/b14-6+,15-10+,16-9-/t17-/m0/s1. The summed E-state index contributed by atoms with van der Waals surface area (Å²) < 4.78 is 0. The van der Waals surface area contributed by atoms with Gasteiger partial charge in [-0.1, -0.05) is 34.9 Å². The van der Waals surface area contributed by atoms with Crippen LogP contribution in [0.2, 0.25) is 0 Å². The highest BCUT2D eigenvalue weighted by atomic mass is 32.2. The van der Waals surface area contributed by atoms with Gasteiger partial charge in [-0.3, -0.25) is 4.79 Å². The molecule has 0 aliphatic heterocycles. The second-order valence-corrected chi connectivity index (χ2v) is 6.94. The number of rotatable bonds is 12. The minimum Gasteiger partial charge on any atom is -0.480 e. The third-order valence-corrected chi connectivity index (χ3v) is 4.47. The summed E-state index contributed by atoms with van der Waals surface area (Å²) >= 11 is 1.55. The van der Waals surface area contributed by atoms with Gasteiger partial charge in [0.2, 0.25) is 0 Å². The summed E-state index contributed by atoms with van der Waals surface area (Å²) in [5, 5.41) is 17.6. The number of carbonyl (C=O) groups is 1. The van der Waals surface area contributed by atoms with Gasteiger partial charge in [0.05, 0.1) is 6.61 Å². The number of aliphatic carboxylic acids is 1. The molecule has 0 aliphatic rings. The number of allylic oxidation sites excluding steroid dienone is 4. The van der Waals surface area contributed by atoms with Crippen LogP contribution in [0.4, 0.5) is 0 Å². The van der Waals surface area contributed by atoms with Crippen molar-refractivity contribution < 1.29 is 15.0 Å². The predicted octanol–water partition coefficient (Wildman–Crippen LogP) is 3.52. The van der Waals surface area contributed by atoms with Gasteiger partial charge >= 0.3 is 5.97 Å². The summed E-state index contributed by atoms with van der Waals surface area (Å²) in [5.74, 6) is 0.308. The Morgan fingerprint density at radius 3 is 2.09 bits per heavy atom. The minimum atomic E-state index is -0.942. The molecule has 1 atom stereocenters. The first-order valence-corrected chi connectivity index (χ1v) is 9.16. The lowest BCUT2D eigenvalue weighted by atomic mass is 10.1. The number of hydrogen-bond acceptors (Lipinski definition) is 4. The van der Waals surface area contributed by atoms with Crippen molar-refractivity contribution in [2.45, 2.75) is 52.5 Å². The van der Waals surface area contributed by atoms with Gasteiger partial charge in [0.1, 0.15) is 6.04 Å². The van der Waals surface area contributed by atoms with Crippen molar-refractivity contribution in [3.05, 3.63) is 34.9 Å². The highest BCUT2D eigenvalue weighted by molar-refractivity contribution is 7.99. The molecule has 0 heterocycles. The lowest BCUT2D eigenvalue weighted by Crippen LogP contribution is -2.32. The number of aliphatic hydroxyl groups excluding tert-OH is 1. The topological polar surface area (TPSA) is 83.6 Å². The van der Waals surface area contributed by atoms with E-state index in [4.69, 9.17) is 15.9 Å². The number of carboxylic acids is 1. The van der Waals surface area contributed by atoms with Crippen LogP contribution in [0.3, 0.4) is 0 Å². The molecule has 0 spiro atoms. The van der Waals surface area contributed by atoms with Crippen molar-refractivity contribution in [1.82, 2.24) is 0 Å². The molecule has 0 unspecified atom stereocenters. The maximum Gasteiger partial charge on any atom is 0.321 e. The van der Waals surface area contributed by atoms with Crippen LogP contribution in [0.15, 0.2) is 34.9 Å². The van der Waals surface area contributed by atoms with Gasteiger partial charge in [0.15, 0.2) is 0 Å². The van der Waals surface area contributed by atoms with Crippen molar-refractivity contribution in [1.29, 1.82) is 0 Å². The summed E-state index contributed by atoms with van der Waals surface area (Å²) in [7, 11) is 0. The molecular formula is C18H31NO3S. The fourth-order valence-electron chi connectivity index (χ4n) is 1.83. The highest BCUT2D eigenvalue weighted by Gasteiger charge is 2.09. The first-order valence-electron chi connectivity index (χ1n) is 8.00. The second kappa shape index (κ2) is 13.4. The zero-order valence-corrected chi connectivity index (χ0v) is 15.4. The maximum atomic E-state index is 10.6. The van der Waals surface area contributed by atoms with Crippen LogP contribution in [0.25, 0.3) is 0 Å². The van der Waals surface area contributed by atoms with E-state index in [1.54, 1.807) is 11.8 Å². The van der Waals surface area contributed by atoms with Gasteiger partial charge < -0.3 is 15.9 Å². The first-order chi connectivity index (χ1) is 10.9. The molecule has 4 N–H and O–H groups in total. The highest BCUT2D eigenvalue weighted by Crippen LogP contribution is 2.12. The van der Waals surface area contributed by atoms with Gasteiger partial charge in [0.25, 0.3) is 0 Å². The summed E-state index contributed by atoms with van der Waals surface area (Å²) in [6, 6.07) is -0.775. The van der Waals surface area contributed by atoms with E-state index in [2.05, 4.69) is 32.1 Å². The van der Waals surface area contributed by atoms with Gasteiger partial charge in [-0.2, -0.15) is 11.8 Å². The molecule has 0 amide bonds. The molecule has 5 heteroatoms. The van der Waals surface area contributed by atoms with E-state index in [1.165, 1.54) is 11.1 Å². The van der Waals surface area contributed by atoms with Crippen LogP contribution in [0, 0.1) is 0 Å². The summed E-state index contributed by atoms with van der Waals surface area (Å²) in [6.07, 6.45) is 10.6. The quantitative estimate of drug-likeness (QED) is 0.374. The fourth-order valence-corrected chi connectivity index (χ4v) is 2.76. The Labute approximate surface area is 144 Å². The molecule has 0 radical (unpaired) electrons. The zero-order chi connectivity index (χ0) is 17.7. The molecule has 23 heavy (non-hydrogen) atoms. The van der Waals surface area contributed by atoms with Crippen molar-refractivity contribution in [3.8, 4) is 0 Å². The molecule has 0 fully saturated rings. The number of aliphatic hydroxyl groups is 1. The van der Waals surface area contributed by atoms with E-state index in [0.29, 0.717) is 5.75 Å². The molecule has 4 nitrogen and oxygen atoms in total. The van der Waals surface area contributed by atoms with E-state index in [-0.39, 0.29) is 6.61 Å². The Kier molecular flexibility index (Phi) is 12.8. The van der Waals surface area contributed by atoms with Gasteiger partial charge in [0, 0.05) is 11.5 Å². The number of hydrogen-bond donors (Lipinski definition) is 3. The summed E-state index contributed by atoms with van der Waals surface area (Å²) in [4.78, 5) is 10.6. The zero-order valence-electron chi connectivity index (χ0n) is 14.5. The molecule has 0 bridgehead atoms. The van der Waals surface area contributed by atoms with E-state index in [1.807, 2.05) is 6.92 Å². The Hall–Kier alpha value is -1.04. The lowest BCUT2D eigenvalue weighted by molar-refractivity contribution is -0.137. The van der Waals surface area contributed by atoms with E-state index >= 15 is 0 Å². The first kappa shape index (κ1) is 22.0. The molecule has 0 rings (SSSR count). The Morgan fingerprint density at radius 1 is 1.04 bits per heavy atom. The number of nitrogens with two attached hydrogens (primary N) is 1. The molecule has 0 aliphatic carbocycles. The average molecular weight is 342 g/mol. The van der Waals surface area contributed by atoms with Crippen molar-refractivity contribution >= 4 is 17.7 Å². The SMILES string of the molecule is C/C(=C/CC/C(C)=C/CC/C(C)=C/CSC[C@H](N)C(=O)O)CO. The molecule has 0 aromatic heterocycles. The molecule has 0 aromatic rings. The van der Waals surface area contributed by atoms with Crippen LogP contribution >= 0.6 is 11.8 Å². The van der Waals surface area contributed by atoms with Crippen molar-refractivity contribution in [3.63, 3.8) is 0 Å². The Bertz CT molecular complexity index is 442. The fraction of sp³-hybridized carbons (Fsp3) is 0.611.